The van der Waals surface area contributed by atoms with Gasteiger partial charge in [0.25, 0.3) is 0 Å². The van der Waals surface area contributed by atoms with Crippen molar-refractivity contribution >= 4 is 5.91 Å². The number of hydrogen-bond acceptors (Lipinski definition) is 2. The van der Waals surface area contributed by atoms with Crippen molar-refractivity contribution in [3.63, 3.8) is 0 Å². The molecule has 0 aromatic heterocycles. The van der Waals surface area contributed by atoms with Gasteiger partial charge in [-0.1, -0.05) is 37.6 Å². The molecule has 1 amide bonds. The van der Waals surface area contributed by atoms with E-state index in [4.69, 9.17) is 5.11 Å². The Hall–Kier alpha value is -1.35. The van der Waals surface area contributed by atoms with Gasteiger partial charge in [0.15, 0.2) is 0 Å². The van der Waals surface area contributed by atoms with Crippen LogP contribution in [0.25, 0.3) is 0 Å². The lowest BCUT2D eigenvalue weighted by Crippen LogP contribution is -2.30. The number of aliphatic hydroxyl groups is 1. The number of carbonyl (C=O) groups excluding carboxylic acids is 1. The van der Waals surface area contributed by atoms with Gasteiger partial charge in [0, 0.05) is 25.6 Å². The highest BCUT2D eigenvalue weighted by Crippen LogP contribution is 2.17. The van der Waals surface area contributed by atoms with Crippen molar-refractivity contribution in [2.45, 2.75) is 39.0 Å². The second-order valence-corrected chi connectivity index (χ2v) is 5.77. The molecule has 110 valence electrons. The Kier molecular flexibility index (Phi) is 5.60. The van der Waals surface area contributed by atoms with E-state index in [1.807, 2.05) is 4.90 Å². The molecule has 1 heterocycles. The van der Waals surface area contributed by atoms with Crippen molar-refractivity contribution in [2.75, 3.05) is 19.7 Å². The van der Waals surface area contributed by atoms with Gasteiger partial charge in [0.05, 0.1) is 6.42 Å². The molecule has 1 unspecified atom stereocenters. The number of aryl methyl sites for hydroxylation is 1. The van der Waals surface area contributed by atoms with E-state index in [0.29, 0.717) is 13.0 Å². The Balaban J connectivity index is 1.85. The summed E-state index contributed by atoms with van der Waals surface area (Å²) in [5.74, 6) is 0.456. The molecule has 1 aromatic rings. The maximum Gasteiger partial charge on any atom is 0.227 e. The summed E-state index contributed by atoms with van der Waals surface area (Å²) in [6.07, 6.45) is 4.95. The molecule has 1 saturated heterocycles. The van der Waals surface area contributed by atoms with Crippen LogP contribution in [-0.2, 0) is 17.6 Å². The second kappa shape index (κ2) is 7.44. The van der Waals surface area contributed by atoms with E-state index in [-0.39, 0.29) is 18.4 Å². The maximum absolute atomic E-state index is 12.2. The highest BCUT2D eigenvalue weighted by molar-refractivity contribution is 5.79. The lowest BCUT2D eigenvalue weighted by molar-refractivity contribution is -0.129. The first-order valence-corrected chi connectivity index (χ1v) is 7.69. The molecule has 20 heavy (non-hydrogen) atoms. The summed E-state index contributed by atoms with van der Waals surface area (Å²) >= 11 is 0. The van der Waals surface area contributed by atoms with E-state index in [0.717, 1.165) is 24.9 Å². The van der Waals surface area contributed by atoms with Gasteiger partial charge in [-0.2, -0.15) is 0 Å². The van der Waals surface area contributed by atoms with E-state index in [9.17, 15) is 4.79 Å². The monoisotopic (exact) mass is 275 g/mol. The minimum atomic E-state index is 0.183. The van der Waals surface area contributed by atoms with Crippen molar-refractivity contribution in [1.82, 2.24) is 4.90 Å². The highest BCUT2D eigenvalue weighted by atomic mass is 16.3. The fourth-order valence-corrected chi connectivity index (χ4v) is 2.70. The number of likely N-dealkylation sites (tertiary alicyclic amines) is 1. The molecule has 3 nitrogen and oxygen atoms in total. The Morgan fingerprint density at radius 1 is 1.30 bits per heavy atom. The molecule has 1 aromatic carbocycles. The Bertz CT molecular complexity index is 427. The van der Waals surface area contributed by atoms with Crippen LogP contribution in [0, 0.1) is 5.92 Å². The van der Waals surface area contributed by atoms with Crippen LogP contribution in [0.15, 0.2) is 24.3 Å². The molecule has 1 N–H and O–H groups in total. The van der Waals surface area contributed by atoms with Gasteiger partial charge < -0.3 is 10.0 Å². The molecule has 1 aliphatic heterocycles. The van der Waals surface area contributed by atoms with Crippen molar-refractivity contribution < 1.29 is 9.90 Å². The number of carbonyl (C=O) groups is 1. The van der Waals surface area contributed by atoms with Crippen molar-refractivity contribution in [1.29, 1.82) is 0 Å². The summed E-state index contributed by atoms with van der Waals surface area (Å²) in [4.78, 5) is 14.1. The van der Waals surface area contributed by atoms with Gasteiger partial charge in [-0.15, -0.1) is 0 Å². The van der Waals surface area contributed by atoms with Crippen LogP contribution in [0.2, 0.25) is 0 Å². The topological polar surface area (TPSA) is 40.5 Å². The largest absolute Gasteiger partial charge is 0.396 e. The summed E-state index contributed by atoms with van der Waals surface area (Å²) in [5.41, 5.74) is 2.44. The first-order chi connectivity index (χ1) is 9.72. The molecule has 0 aliphatic carbocycles. The van der Waals surface area contributed by atoms with Crippen molar-refractivity contribution in [3.8, 4) is 0 Å². The van der Waals surface area contributed by atoms with Crippen LogP contribution in [0.4, 0.5) is 0 Å². The zero-order valence-electron chi connectivity index (χ0n) is 12.3. The molecular weight excluding hydrogens is 250 g/mol. The van der Waals surface area contributed by atoms with E-state index in [2.05, 4.69) is 31.2 Å². The predicted molar refractivity (Wildman–Crippen MR) is 80.5 cm³/mol. The van der Waals surface area contributed by atoms with Gasteiger partial charge in [0.2, 0.25) is 5.91 Å². The van der Waals surface area contributed by atoms with Crippen LogP contribution in [-0.4, -0.2) is 35.6 Å². The molecule has 2 rings (SSSR count). The van der Waals surface area contributed by atoms with Crippen LogP contribution in [0.1, 0.15) is 37.3 Å². The number of unbranched alkanes of at least 4 members (excludes halogenated alkanes) is 1. The van der Waals surface area contributed by atoms with Gasteiger partial charge in [-0.25, -0.2) is 0 Å². The van der Waals surface area contributed by atoms with Crippen LogP contribution in [0.5, 0.6) is 0 Å². The normalized spacial score (nSPS) is 18.5. The number of aliphatic hydroxyl groups excluding tert-OH is 1. The van der Waals surface area contributed by atoms with E-state index < -0.39 is 0 Å². The maximum atomic E-state index is 12.2. The minimum Gasteiger partial charge on any atom is -0.396 e. The summed E-state index contributed by atoms with van der Waals surface area (Å²) in [6, 6.07) is 8.42. The summed E-state index contributed by atoms with van der Waals surface area (Å²) in [5, 5.41) is 9.12. The Morgan fingerprint density at radius 2 is 2.00 bits per heavy atom. The van der Waals surface area contributed by atoms with Gasteiger partial charge in [-0.05, 0) is 30.4 Å². The predicted octanol–water partition coefficient (Wildman–Crippen LogP) is 2.41. The third kappa shape index (κ3) is 4.07. The molecule has 1 atom stereocenters. The summed E-state index contributed by atoms with van der Waals surface area (Å²) in [6.45, 7) is 3.89. The average molecular weight is 275 g/mol. The first-order valence-electron chi connectivity index (χ1n) is 7.69. The fraction of sp³-hybridized carbons (Fsp3) is 0.588. The van der Waals surface area contributed by atoms with Gasteiger partial charge in [-0.3, -0.25) is 4.79 Å². The number of rotatable bonds is 6. The quantitative estimate of drug-likeness (QED) is 0.866. The van der Waals surface area contributed by atoms with E-state index >= 15 is 0 Å². The van der Waals surface area contributed by atoms with E-state index in [1.54, 1.807) is 0 Å². The lowest BCUT2D eigenvalue weighted by Gasteiger charge is -2.16. The standard InChI is InChI=1S/C17H25NO2/c1-2-3-4-14-5-7-15(8-6-14)11-17(20)18-10-9-16(12-18)13-19/h5-8,16,19H,2-4,9-13H2,1H3. The third-order valence-electron chi connectivity index (χ3n) is 4.09. The van der Waals surface area contributed by atoms with Crippen LogP contribution in [0.3, 0.4) is 0 Å². The number of benzene rings is 1. The SMILES string of the molecule is CCCCc1ccc(CC(=O)N2CCC(CO)C2)cc1. The summed E-state index contributed by atoms with van der Waals surface area (Å²) < 4.78 is 0. The Morgan fingerprint density at radius 3 is 2.60 bits per heavy atom. The third-order valence-corrected chi connectivity index (χ3v) is 4.09. The zero-order chi connectivity index (χ0) is 14.4. The fourth-order valence-electron chi connectivity index (χ4n) is 2.70. The van der Waals surface area contributed by atoms with Gasteiger partial charge in [0.1, 0.15) is 0 Å². The lowest BCUT2D eigenvalue weighted by atomic mass is 10.0. The van der Waals surface area contributed by atoms with Gasteiger partial charge >= 0.3 is 0 Å². The molecule has 0 bridgehead atoms. The number of nitrogens with zero attached hydrogens (tertiary/aromatic N) is 1. The minimum absolute atomic E-state index is 0.183. The highest BCUT2D eigenvalue weighted by Gasteiger charge is 2.25. The van der Waals surface area contributed by atoms with Crippen molar-refractivity contribution in [2.24, 2.45) is 5.92 Å². The number of amides is 1. The second-order valence-electron chi connectivity index (χ2n) is 5.77. The zero-order valence-corrected chi connectivity index (χ0v) is 12.3. The number of hydrogen-bond donors (Lipinski definition) is 1. The molecule has 0 saturated carbocycles. The molecule has 0 spiro atoms. The average Bonchev–Trinajstić information content (AvgIpc) is 2.95. The van der Waals surface area contributed by atoms with Crippen LogP contribution < -0.4 is 0 Å². The smallest absolute Gasteiger partial charge is 0.227 e. The molecule has 3 heteroatoms. The molecule has 1 fully saturated rings. The first kappa shape index (κ1) is 15.0. The van der Waals surface area contributed by atoms with Crippen LogP contribution >= 0.6 is 0 Å². The Labute approximate surface area is 121 Å². The molecular formula is C17H25NO2. The summed E-state index contributed by atoms with van der Waals surface area (Å²) in [7, 11) is 0. The van der Waals surface area contributed by atoms with Crippen molar-refractivity contribution in [3.05, 3.63) is 35.4 Å². The van der Waals surface area contributed by atoms with E-state index in [1.165, 1.54) is 18.4 Å². The molecule has 1 aliphatic rings. The molecule has 0 radical (unpaired) electrons.